The second-order valence-corrected chi connectivity index (χ2v) is 15.8. The number of hydrogen-bond donors (Lipinski definition) is 0. The zero-order chi connectivity index (χ0) is 43.5. The number of benzene rings is 3. The van der Waals surface area contributed by atoms with Crippen molar-refractivity contribution in [2.75, 3.05) is 41.9 Å². The van der Waals surface area contributed by atoms with Gasteiger partial charge in [-0.3, -0.25) is 4.57 Å². The highest BCUT2D eigenvalue weighted by Gasteiger charge is 2.23. The van der Waals surface area contributed by atoms with E-state index in [0.717, 1.165) is 101 Å². The lowest BCUT2D eigenvalue weighted by atomic mass is 10.0. The lowest BCUT2D eigenvalue weighted by molar-refractivity contribution is -0.645. The predicted octanol–water partition coefficient (Wildman–Crippen LogP) is 8.60. The molecule has 0 N–H and O–H groups in total. The van der Waals surface area contributed by atoms with E-state index >= 15 is 0 Å². The Morgan fingerprint density at radius 2 is 1.45 bits per heavy atom. The first-order valence-corrected chi connectivity index (χ1v) is 21.0. The molecule has 0 atom stereocenters. The van der Waals surface area contributed by atoms with Crippen molar-refractivity contribution in [2.24, 2.45) is 14.1 Å². The van der Waals surface area contributed by atoms with Gasteiger partial charge in [-0.1, -0.05) is 0 Å². The van der Waals surface area contributed by atoms with Crippen LogP contribution in [0.5, 0.6) is 5.75 Å². The van der Waals surface area contributed by atoms with Crippen molar-refractivity contribution in [3.63, 3.8) is 0 Å². The van der Waals surface area contributed by atoms with Crippen LogP contribution in [0.4, 0.5) is 34.5 Å². The summed E-state index contributed by atoms with van der Waals surface area (Å²) < 4.78 is 25.4. The van der Waals surface area contributed by atoms with Crippen molar-refractivity contribution in [3.05, 3.63) is 135 Å². The van der Waals surface area contributed by atoms with Crippen LogP contribution in [0.2, 0.25) is 0 Å². The van der Waals surface area contributed by atoms with Crippen LogP contribution < -0.4 is 24.0 Å². The predicted molar refractivity (Wildman–Crippen MR) is 247 cm³/mol. The molecule has 0 spiro atoms. The molecule has 16 nitrogen and oxygen atoms in total. The molecule has 0 amide bonds. The molecule has 0 bridgehead atoms. The fourth-order valence-corrected chi connectivity index (χ4v) is 8.61. The average molecular weight is 851 g/mol. The Morgan fingerprint density at radius 3 is 2.30 bits per heavy atom. The quantitative estimate of drug-likeness (QED) is 0.103. The molecular weight excluding hydrogens is 807 g/mol. The minimum absolute atomic E-state index is 0.519. The smallest absolute Gasteiger partial charge is 0.246 e. The largest absolute Gasteiger partial charge is 0.497 e. The molecule has 8 aromatic heterocycles. The molecule has 0 fully saturated rings. The maximum atomic E-state index is 5.97. The van der Waals surface area contributed by atoms with Gasteiger partial charge in [-0.15, -0.1) is 0 Å². The lowest BCUT2D eigenvalue weighted by Gasteiger charge is -2.27. The first kappa shape index (κ1) is 38.6. The Bertz CT molecular complexity index is 3490. The molecule has 0 aliphatic carbocycles. The Labute approximate surface area is 366 Å². The average Bonchev–Trinajstić information content (AvgIpc) is 4.19. The first-order chi connectivity index (χ1) is 31.3. The molecular formula is C48H44N13O3+. The van der Waals surface area contributed by atoms with Gasteiger partial charge in [-0.2, -0.15) is 0 Å². The summed E-state index contributed by atoms with van der Waals surface area (Å²) >= 11 is 0. The third-order valence-electron chi connectivity index (χ3n) is 12.1. The van der Waals surface area contributed by atoms with Crippen molar-refractivity contribution in [2.45, 2.75) is 20.0 Å². The highest BCUT2D eigenvalue weighted by molar-refractivity contribution is 5.87. The fraction of sp³-hybridized carbons (Fsp3) is 0.188. The Morgan fingerprint density at radius 1 is 0.688 bits per heavy atom. The third-order valence-corrected chi connectivity index (χ3v) is 12.1. The topological polar surface area (TPSA) is 141 Å². The van der Waals surface area contributed by atoms with Gasteiger partial charge >= 0.3 is 0 Å². The van der Waals surface area contributed by atoms with Crippen LogP contribution in [0.1, 0.15) is 12.5 Å². The number of aromatic nitrogens is 10. The standard InChI is InChI=1S/C48H44N13O3/c1-6-60(47-20-40-37(23-50-47)52-26-55(40)2)39-17-32-14-16-63-45(32)18-31(39)13-15-61(34-9-12-44-36(19-34)54-28-64-44)48-22-42-43(25-51-48)59(29-56(42)3)30-58-27-53-38-24-49-46(21-41(38)58)57(4)33-7-10-35(62-5)11-8-33/h7-12,14,16-29H,6,13,15,30H2,1-5H3/q+1. The molecule has 0 radical (unpaired) electrons. The van der Waals surface area contributed by atoms with Crippen LogP contribution in [0.3, 0.4) is 0 Å². The molecule has 0 unspecified atom stereocenters. The van der Waals surface area contributed by atoms with Gasteiger partial charge in [0.05, 0.1) is 62.7 Å². The number of pyridine rings is 3. The van der Waals surface area contributed by atoms with Crippen LogP contribution in [-0.4, -0.2) is 70.9 Å². The number of fused-ring (bicyclic) bond motifs is 5. The number of ether oxygens (including phenoxy) is 1. The number of rotatable bonds is 13. The minimum atomic E-state index is 0.519. The number of oxazole rings is 1. The molecule has 0 aliphatic heterocycles. The van der Waals surface area contributed by atoms with Gasteiger partial charge in [-0.25, -0.2) is 39.0 Å². The number of imidazole rings is 3. The van der Waals surface area contributed by atoms with E-state index < -0.39 is 0 Å². The molecule has 64 heavy (non-hydrogen) atoms. The van der Waals surface area contributed by atoms with E-state index in [0.29, 0.717) is 26.2 Å². The number of furan rings is 1. The number of nitrogens with zero attached hydrogens (tertiary/aromatic N) is 13. The summed E-state index contributed by atoms with van der Waals surface area (Å²) in [5, 5.41) is 1.03. The molecule has 0 aliphatic rings. The summed E-state index contributed by atoms with van der Waals surface area (Å²) in [4.78, 5) is 35.0. The minimum Gasteiger partial charge on any atom is -0.497 e. The number of methoxy groups -OCH3 is 1. The van der Waals surface area contributed by atoms with Gasteiger partial charge in [0.2, 0.25) is 6.33 Å². The van der Waals surface area contributed by atoms with Crippen LogP contribution in [-0.2, 0) is 27.2 Å². The number of hydrogen-bond acceptors (Lipinski definition) is 12. The summed E-state index contributed by atoms with van der Waals surface area (Å²) in [6, 6.07) is 26.7. The molecule has 3 aromatic carbocycles. The molecule has 0 saturated heterocycles. The van der Waals surface area contributed by atoms with E-state index in [2.05, 4.69) is 101 Å². The summed E-state index contributed by atoms with van der Waals surface area (Å²) in [5.74, 6) is 3.25. The number of aryl methyl sites for hydroxylation is 2. The maximum absolute atomic E-state index is 5.97. The van der Waals surface area contributed by atoms with E-state index in [9.17, 15) is 0 Å². The second-order valence-electron chi connectivity index (χ2n) is 15.8. The summed E-state index contributed by atoms with van der Waals surface area (Å²) in [7, 11) is 7.74. The van der Waals surface area contributed by atoms with E-state index in [1.165, 1.54) is 6.39 Å². The van der Waals surface area contributed by atoms with Crippen LogP contribution >= 0.6 is 0 Å². The zero-order valence-corrected chi connectivity index (χ0v) is 36.0. The van der Waals surface area contributed by atoms with E-state index in [4.69, 9.17) is 33.5 Å². The molecule has 8 heterocycles. The Hall–Kier alpha value is -8.27. The van der Waals surface area contributed by atoms with Crippen molar-refractivity contribution in [1.82, 2.24) is 43.6 Å². The van der Waals surface area contributed by atoms with Crippen molar-refractivity contribution >= 4 is 89.7 Å². The van der Waals surface area contributed by atoms with Gasteiger partial charge in [0.15, 0.2) is 29.7 Å². The summed E-state index contributed by atoms with van der Waals surface area (Å²) in [6.07, 6.45) is 15.3. The molecule has 16 heteroatoms. The zero-order valence-electron chi connectivity index (χ0n) is 36.0. The van der Waals surface area contributed by atoms with Crippen molar-refractivity contribution in [3.8, 4) is 5.75 Å². The second kappa shape index (κ2) is 15.6. The Kier molecular flexibility index (Phi) is 9.40. The van der Waals surface area contributed by atoms with Crippen molar-refractivity contribution < 1.29 is 18.1 Å². The molecule has 11 aromatic rings. The highest BCUT2D eigenvalue weighted by atomic mass is 16.5. The van der Waals surface area contributed by atoms with Crippen LogP contribution in [0.25, 0.3) is 55.2 Å². The summed E-state index contributed by atoms with van der Waals surface area (Å²) in [6.45, 7) is 3.97. The SMILES string of the molecule is CCN(c1cc2c(cn1)ncn2C)c1cc2ccoc2cc1CCN(c1ccc2ocnc2c1)c1cc2c(cn1)n(Cn1cnc3cnc(N(C)c4ccc(OC)cc4)cc31)c[n+]2C. The first-order valence-electron chi connectivity index (χ1n) is 21.0. The monoisotopic (exact) mass is 850 g/mol. The van der Waals surface area contributed by atoms with E-state index in [-0.39, 0.29) is 0 Å². The van der Waals surface area contributed by atoms with Crippen LogP contribution in [0, 0.1) is 0 Å². The van der Waals surface area contributed by atoms with E-state index in [1.807, 2.05) is 86.3 Å². The van der Waals surface area contributed by atoms with Crippen molar-refractivity contribution in [1.29, 1.82) is 0 Å². The highest BCUT2D eigenvalue weighted by Crippen LogP contribution is 2.36. The fourth-order valence-electron chi connectivity index (χ4n) is 8.61. The van der Waals surface area contributed by atoms with Gasteiger partial charge in [0.25, 0.3) is 0 Å². The van der Waals surface area contributed by atoms with Gasteiger partial charge in [0.1, 0.15) is 45.3 Å². The maximum Gasteiger partial charge on any atom is 0.246 e. The van der Waals surface area contributed by atoms with Gasteiger partial charge in [-0.05, 0) is 79.6 Å². The normalized spacial score (nSPS) is 11.8. The number of anilines is 6. The lowest BCUT2D eigenvalue weighted by Crippen LogP contribution is -2.27. The summed E-state index contributed by atoms with van der Waals surface area (Å²) in [5.41, 5.74) is 12.1. The van der Waals surface area contributed by atoms with Crippen LogP contribution in [0.15, 0.2) is 138 Å². The molecule has 11 rings (SSSR count). The molecule has 318 valence electrons. The Balaban J connectivity index is 0.934. The third kappa shape index (κ3) is 6.75. The van der Waals surface area contributed by atoms with Gasteiger partial charge < -0.3 is 32.8 Å². The molecule has 0 saturated carbocycles. The van der Waals surface area contributed by atoms with E-state index in [1.54, 1.807) is 13.4 Å². The van der Waals surface area contributed by atoms with Gasteiger partial charge in [0, 0.05) is 67.8 Å².